The van der Waals surface area contributed by atoms with Crippen molar-refractivity contribution in [3.05, 3.63) is 88.1 Å². The molecule has 1 saturated heterocycles. The van der Waals surface area contributed by atoms with Gasteiger partial charge in [0.25, 0.3) is 0 Å². The Morgan fingerprint density at radius 2 is 1.73 bits per heavy atom. The van der Waals surface area contributed by atoms with Crippen LogP contribution in [0.3, 0.4) is 0 Å². The Balaban J connectivity index is 1.66. The summed E-state index contributed by atoms with van der Waals surface area (Å²) in [7, 11) is 1.97. The molecule has 0 N–H and O–H groups in total. The minimum Gasteiger partial charge on any atom is -0.339 e. The molecule has 2 aromatic carbocycles. The summed E-state index contributed by atoms with van der Waals surface area (Å²) in [5, 5.41) is 13.6. The number of piperazine rings is 1. The second kappa shape index (κ2) is 10.5. The van der Waals surface area contributed by atoms with Gasteiger partial charge in [-0.2, -0.15) is 23.5 Å². The molecule has 0 atom stereocenters. The van der Waals surface area contributed by atoms with E-state index in [-0.39, 0.29) is 18.1 Å². The summed E-state index contributed by atoms with van der Waals surface area (Å²) in [6, 6.07) is 14.9. The Bertz CT molecular complexity index is 1650. The minimum atomic E-state index is -4.59. The second-order valence-corrected chi connectivity index (χ2v) is 9.66. The fourth-order valence-corrected chi connectivity index (χ4v) is 4.91. The lowest BCUT2D eigenvalue weighted by molar-refractivity contribution is -0.137. The highest BCUT2D eigenvalue weighted by Gasteiger charge is 2.32. The van der Waals surface area contributed by atoms with Gasteiger partial charge in [0.1, 0.15) is 6.54 Å². The third kappa shape index (κ3) is 5.03. The highest BCUT2D eigenvalue weighted by atomic mass is 19.4. The van der Waals surface area contributed by atoms with E-state index in [1.54, 1.807) is 46.8 Å². The number of hydrogen-bond donors (Lipinski definition) is 0. The van der Waals surface area contributed by atoms with Gasteiger partial charge in [0.15, 0.2) is 0 Å². The van der Waals surface area contributed by atoms with Gasteiger partial charge in [-0.3, -0.25) is 13.9 Å². The first-order valence-electron chi connectivity index (χ1n) is 12.6. The van der Waals surface area contributed by atoms with E-state index < -0.39 is 17.4 Å². The molecule has 12 heteroatoms. The summed E-state index contributed by atoms with van der Waals surface area (Å²) in [6.45, 7) is 3.76. The average molecular weight is 550 g/mol. The van der Waals surface area contributed by atoms with E-state index >= 15 is 0 Å². The number of alkyl halides is 3. The molecule has 1 amide bonds. The summed E-state index contributed by atoms with van der Waals surface area (Å²) >= 11 is 0. The molecule has 0 aliphatic carbocycles. The molecule has 1 aliphatic rings. The van der Waals surface area contributed by atoms with Crippen LogP contribution >= 0.6 is 0 Å². The van der Waals surface area contributed by atoms with Gasteiger partial charge in [-0.05, 0) is 62.5 Å². The third-order valence-electron chi connectivity index (χ3n) is 7.08. The number of halogens is 3. The summed E-state index contributed by atoms with van der Waals surface area (Å²) < 4.78 is 44.6. The molecule has 0 saturated carbocycles. The standard InChI is InChI=1S/C28H26F3N7O2/c1-19-26(24-10-11-33-38(24)22-8-6-20(17-32)7-9-22)36(18-25(39)35-14-12-34(2)13-15-35)27(40)37(19)23-5-3-4-21(16-23)28(29,30)31/h3-11,16H,12-15,18H2,1-2H3. The number of carbonyl (C=O) groups is 1. The number of hydrogen-bond acceptors (Lipinski definition) is 5. The Morgan fingerprint density at radius 1 is 1.02 bits per heavy atom. The fraction of sp³-hybridized carbons (Fsp3) is 0.286. The second-order valence-electron chi connectivity index (χ2n) is 9.66. The van der Waals surface area contributed by atoms with Crippen molar-refractivity contribution >= 4 is 5.91 Å². The van der Waals surface area contributed by atoms with Gasteiger partial charge < -0.3 is 9.80 Å². The SMILES string of the molecule is Cc1c(-c2ccnn2-c2ccc(C#N)cc2)n(CC(=O)N2CCN(C)CC2)c(=O)n1-c1cccc(C(F)(F)F)c1. The van der Waals surface area contributed by atoms with Crippen LogP contribution in [0.5, 0.6) is 0 Å². The van der Waals surface area contributed by atoms with Crippen molar-refractivity contribution in [1.82, 2.24) is 28.7 Å². The lowest BCUT2D eigenvalue weighted by Crippen LogP contribution is -2.48. The molecule has 3 heterocycles. The normalized spacial score (nSPS) is 14.3. The molecule has 9 nitrogen and oxygen atoms in total. The van der Waals surface area contributed by atoms with E-state index in [9.17, 15) is 22.8 Å². The van der Waals surface area contributed by atoms with Gasteiger partial charge in [-0.1, -0.05) is 6.07 Å². The molecule has 206 valence electrons. The van der Waals surface area contributed by atoms with E-state index in [1.165, 1.54) is 27.5 Å². The zero-order valence-corrected chi connectivity index (χ0v) is 21.9. The number of nitriles is 1. The largest absolute Gasteiger partial charge is 0.416 e. The van der Waals surface area contributed by atoms with Gasteiger partial charge in [-0.15, -0.1) is 0 Å². The Kier molecular flexibility index (Phi) is 7.08. The molecule has 1 aliphatic heterocycles. The molecule has 0 spiro atoms. The van der Waals surface area contributed by atoms with Crippen molar-refractivity contribution in [1.29, 1.82) is 5.26 Å². The Hall–Kier alpha value is -4.63. The van der Waals surface area contributed by atoms with Crippen LogP contribution in [0.1, 0.15) is 16.8 Å². The zero-order chi connectivity index (χ0) is 28.6. The summed E-state index contributed by atoms with van der Waals surface area (Å²) in [4.78, 5) is 31.0. The van der Waals surface area contributed by atoms with Crippen LogP contribution in [0.2, 0.25) is 0 Å². The van der Waals surface area contributed by atoms with Crippen molar-refractivity contribution in [2.75, 3.05) is 33.2 Å². The van der Waals surface area contributed by atoms with E-state index in [0.717, 1.165) is 12.1 Å². The predicted molar refractivity (Wildman–Crippen MR) is 141 cm³/mol. The molecule has 40 heavy (non-hydrogen) atoms. The van der Waals surface area contributed by atoms with Crippen LogP contribution in [-0.4, -0.2) is 67.8 Å². The number of amides is 1. The first-order chi connectivity index (χ1) is 19.1. The summed E-state index contributed by atoms with van der Waals surface area (Å²) in [5.74, 6) is -0.262. The lowest BCUT2D eigenvalue weighted by Gasteiger charge is -2.32. The number of rotatable bonds is 5. The topological polar surface area (TPSA) is 92.1 Å². The Labute approximate surface area is 227 Å². The number of imidazole rings is 1. The first kappa shape index (κ1) is 27.0. The minimum absolute atomic E-state index is 0.0359. The summed E-state index contributed by atoms with van der Waals surface area (Å²) in [6.07, 6.45) is -3.06. The molecule has 4 aromatic rings. The highest BCUT2D eigenvalue weighted by Crippen LogP contribution is 2.32. The third-order valence-corrected chi connectivity index (χ3v) is 7.08. The fourth-order valence-electron chi connectivity index (χ4n) is 4.91. The molecule has 1 fully saturated rings. The predicted octanol–water partition coefficient (Wildman–Crippen LogP) is 3.46. The average Bonchev–Trinajstić information content (AvgIpc) is 3.50. The quantitative estimate of drug-likeness (QED) is 0.380. The van der Waals surface area contributed by atoms with E-state index in [0.29, 0.717) is 54.5 Å². The molecule has 5 rings (SSSR count). The van der Waals surface area contributed by atoms with Crippen molar-refractivity contribution in [3.63, 3.8) is 0 Å². The van der Waals surface area contributed by atoms with Gasteiger partial charge >= 0.3 is 11.9 Å². The van der Waals surface area contributed by atoms with Gasteiger partial charge in [-0.25, -0.2) is 9.48 Å². The van der Waals surface area contributed by atoms with Crippen molar-refractivity contribution < 1.29 is 18.0 Å². The van der Waals surface area contributed by atoms with Crippen molar-refractivity contribution in [2.24, 2.45) is 0 Å². The maximum atomic E-state index is 13.9. The van der Waals surface area contributed by atoms with Gasteiger partial charge in [0, 0.05) is 26.2 Å². The molecular formula is C28H26F3N7O2. The van der Waals surface area contributed by atoms with Crippen LogP contribution in [0.15, 0.2) is 65.6 Å². The highest BCUT2D eigenvalue weighted by molar-refractivity contribution is 5.77. The molecule has 0 bridgehead atoms. The lowest BCUT2D eigenvalue weighted by atomic mass is 10.1. The maximum absolute atomic E-state index is 13.9. The Morgan fingerprint density at radius 3 is 2.38 bits per heavy atom. The molecule has 0 unspecified atom stereocenters. The molecule has 2 aromatic heterocycles. The maximum Gasteiger partial charge on any atom is 0.416 e. The van der Waals surface area contributed by atoms with Crippen LogP contribution in [-0.2, 0) is 17.5 Å². The number of aromatic nitrogens is 4. The van der Waals surface area contributed by atoms with E-state index in [4.69, 9.17) is 5.26 Å². The monoisotopic (exact) mass is 549 g/mol. The van der Waals surface area contributed by atoms with Crippen LogP contribution in [0, 0.1) is 18.3 Å². The van der Waals surface area contributed by atoms with E-state index in [1.807, 2.05) is 7.05 Å². The molecule has 0 radical (unpaired) electrons. The van der Waals surface area contributed by atoms with Gasteiger partial charge in [0.2, 0.25) is 5.91 Å². The van der Waals surface area contributed by atoms with Crippen LogP contribution < -0.4 is 5.69 Å². The number of benzene rings is 2. The van der Waals surface area contributed by atoms with E-state index in [2.05, 4.69) is 16.1 Å². The van der Waals surface area contributed by atoms with Crippen LogP contribution in [0.4, 0.5) is 13.2 Å². The van der Waals surface area contributed by atoms with Crippen LogP contribution in [0.25, 0.3) is 22.8 Å². The smallest absolute Gasteiger partial charge is 0.339 e. The number of nitrogens with zero attached hydrogens (tertiary/aromatic N) is 7. The number of likely N-dealkylation sites (N-methyl/N-ethyl adjacent to an activating group) is 1. The summed E-state index contributed by atoms with van der Waals surface area (Å²) in [5.41, 5.74) is 0.750. The molecular weight excluding hydrogens is 523 g/mol. The van der Waals surface area contributed by atoms with Gasteiger partial charge in [0.05, 0.1) is 51.8 Å². The van der Waals surface area contributed by atoms with Crippen molar-refractivity contribution in [3.8, 4) is 28.8 Å². The van der Waals surface area contributed by atoms with Crippen molar-refractivity contribution in [2.45, 2.75) is 19.6 Å². The first-order valence-corrected chi connectivity index (χ1v) is 12.6. The zero-order valence-electron chi connectivity index (χ0n) is 21.9. The number of carbonyl (C=O) groups excluding carboxylic acids is 1.